The van der Waals surface area contributed by atoms with Crippen LogP contribution in [0.5, 0.6) is 0 Å². The number of amides is 2. The molecule has 0 unspecified atom stereocenters. The van der Waals surface area contributed by atoms with Crippen molar-refractivity contribution in [2.45, 2.75) is 18.1 Å². The Labute approximate surface area is 182 Å². The Kier molecular flexibility index (Phi) is 6.35. The van der Waals surface area contributed by atoms with Gasteiger partial charge in [0.15, 0.2) is 0 Å². The molecule has 0 radical (unpaired) electrons. The number of halogens is 1. The van der Waals surface area contributed by atoms with Gasteiger partial charge >= 0.3 is 0 Å². The summed E-state index contributed by atoms with van der Waals surface area (Å²) in [5, 5.41) is 11.7. The van der Waals surface area contributed by atoms with Crippen LogP contribution in [0.1, 0.15) is 23.2 Å². The van der Waals surface area contributed by atoms with E-state index in [1.807, 2.05) is 4.90 Å². The Hall–Kier alpha value is -2.84. The quantitative estimate of drug-likeness (QED) is 0.571. The minimum absolute atomic E-state index is 0.0359. The average Bonchev–Trinajstić information content (AvgIpc) is 3.45. The second-order valence-corrected chi connectivity index (χ2v) is 8.16. The summed E-state index contributed by atoms with van der Waals surface area (Å²) in [4.78, 5) is 26.4. The standard InChI is InChI=1S/C21H19ClN4O3S/c22-16-7-3-14(4-8-16)19-24-25-21(29-19)30-13-18(27)23-17-9-5-15(6-10-17)20(28)26-11-1-2-12-26/h3-10H,1-2,11-13H2,(H,23,27). The number of aromatic nitrogens is 2. The first-order valence-corrected chi connectivity index (χ1v) is 10.9. The van der Waals surface area contributed by atoms with Crippen molar-refractivity contribution < 1.29 is 14.0 Å². The molecule has 2 amide bonds. The van der Waals surface area contributed by atoms with E-state index in [1.165, 1.54) is 0 Å². The first-order valence-electron chi connectivity index (χ1n) is 9.50. The molecule has 0 bridgehead atoms. The Balaban J connectivity index is 1.28. The number of nitrogens with one attached hydrogen (secondary N) is 1. The lowest BCUT2D eigenvalue weighted by Crippen LogP contribution is -2.27. The molecule has 1 aliphatic heterocycles. The number of rotatable bonds is 6. The fourth-order valence-electron chi connectivity index (χ4n) is 3.10. The van der Waals surface area contributed by atoms with Gasteiger partial charge in [0.2, 0.25) is 11.8 Å². The number of benzene rings is 2. The molecule has 0 spiro atoms. The van der Waals surface area contributed by atoms with E-state index >= 15 is 0 Å². The maximum absolute atomic E-state index is 12.4. The Morgan fingerprint density at radius 3 is 2.43 bits per heavy atom. The number of nitrogens with zero attached hydrogens (tertiary/aromatic N) is 3. The smallest absolute Gasteiger partial charge is 0.277 e. The molecule has 1 aliphatic rings. The topological polar surface area (TPSA) is 88.3 Å². The van der Waals surface area contributed by atoms with Gasteiger partial charge in [-0.05, 0) is 61.4 Å². The molecule has 4 rings (SSSR count). The van der Waals surface area contributed by atoms with E-state index in [-0.39, 0.29) is 17.6 Å². The molecule has 0 saturated carbocycles. The van der Waals surface area contributed by atoms with E-state index < -0.39 is 0 Å². The van der Waals surface area contributed by atoms with Gasteiger partial charge in [-0.25, -0.2) is 0 Å². The molecule has 7 nitrogen and oxygen atoms in total. The number of hydrogen-bond donors (Lipinski definition) is 1. The van der Waals surface area contributed by atoms with E-state index in [0.29, 0.717) is 27.4 Å². The maximum Gasteiger partial charge on any atom is 0.277 e. The zero-order valence-electron chi connectivity index (χ0n) is 16.0. The molecule has 2 heterocycles. The van der Waals surface area contributed by atoms with Crippen LogP contribution in [0.4, 0.5) is 5.69 Å². The molecule has 1 fully saturated rings. The number of carbonyl (C=O) groups is 2. The van der Waals surface area contributed by atoms with Crippen LogP contribution in [0.25, 0.3) is 11.5 Å². The highest BCUT2D eigenvalue weighted by Crippen LogP contribution is 2.24. The molecule has 0 aliphatic carbocycles. The number of thioether (sulfide) groups is 1. The number of hydrogen-bond acceptors (Lipinski definition) is 6. The van der Waals surface area contributed by atoms with Gasteiger partial charge in [0, 0.05) is 34.9 Å². The van der Waals surface area contributed by atoms with Gasteiger partial charge < -0.3 is 14.6 Å². The molecule has 1 N–H and O–H groups in total. The maximum atomic E-state index is 12.4. The van der Waals surface area contributed by atoms with Crippen LogP contribution >= 0.6 is 23.4 Å². The van der Waals surface area contributed by atoms with Crippen LogP contribution in [0.15, 0.2) is 58.2 Å². The highest BCUT2D eigenvalue weighted by molar-refractivity contribution is 7.99. The van der Waals surface area contributed by atoms with E-state index in [4.69, 9.17) is 16.0 Å². The summed E-state index contributed by atoms with van der Waals surface area (Å²) in [6, 6.07) is 14.0. The predicted octanol–water partition coefficient (Wildman–Crippen LogP) is 4.36. The van der Waals surface area contributed by atoms with Crippen molar-refractivity contribution >= 4 is 40.9 Å². The molecule has 0 atom stereocenters. The van der Waals surface area contributed by atoms with E-state index in [9.17, 15) is 9.59 Å². The molecule has 3 aromatic rings. The van der Waals surface area contributed by atoms with Gasteiger partial charge in [0.1, 0.15) is 0 Å². The van der Waals surface area contributed by atoms with Crippen LogP contribution in [0.2, 0.25) is 5.02 Å². The van der Waals surface area contributed by atoms with Crippen molar-refractivity contribution in [1.29, 1.82) is 0 Å². The molecule has 154 valence electrons. The average molecular weight is 443 g/mol. The van der Waals surface area contributed by atoms with Crippen molar-refractivity contribution in [1.82, 2.24) is 15.1 Å². The summed E-state index contributed by atoms with van der Waals surface area (Å²) in [7, 11) is 0. The van der Waals surface area contributed by atoms with Crippen LogP contribution in [0, 0.1) is 0 Å². The second-order valence-electron chi connectivity index (χ2n) is 6.79. The monoisotopic (exact) mass is 442 g/mol. The third-order valence-corrected chi connectivity index (χ3v) is 5.70. The Morgan fingerprint density at radius 1 is 1.03 bits per heavy atom. The summed E-state index contributed by atoms with van der Waals surface area (Å²) in [6.07, 6.45) is 2.11. The van der Waals surface area contributed by atoms with Crippen molar-refractivity contribution in [3.63, 3.8) is 0 Å². The molecule has 2 aromatic carbocycles. The van der Waals surface area contributed by atoms with Gasteiger partial charge in [-0.15, -0.1) is 10.2 Å². The molecule has 30 heavy (non-hydrogen) atoms. The number of anilines is 1. The number of likely N-dealkylation sites (tertiary alicyclic amines) is 1. The summed E-state index contributed by atoms with van der Waals surface area (Å²) < 4.78 is 5.58. The summed E-state index contributed by atoms with van der Waals surface area (Å²) >= 11 is 7.03. The Morgan fingerprint density at radius 2 is 1.73 bits per heavy atom. The van der Waals surface area contributed by atoms with E-state index in [0.717, 1.165) is 43.3 Å². The molecule has 1 aromatic heterocycles. The van der Waals surface area contributed by atoms with Gasteiger partial charge in [0.05, 0.1) is 5.75 Å². The minimum atomic E-state index is -0.204. The van der Waals surface area contributed by atoms with E-state index in [1.54, 1.807) is 48.5 Å². The SMILES string of the molecule is O=C(CSc1nnc(-c2ccc(Cl)cc2)o1)Nc1ccc(C(=O)N2CCCC2)cc1. The summed E-state index contributed by atoms with van der Waals surface area (Å²) in [5.41, 5.74) is 2.02. The minimum Gasteiger partial charge on any atom is -0.411 e. The van der Waals surface area contributed by atoms with Crippen LogP contribution < -0.4 is 5.32 Å². The number of carbonyl (C=O) groups excluding carboxylic acids is 2. The molecule has 9 heteroatoms. The van der Waals surface area contributed by atoms with Crippen molar-refractivity contribution in [2.24, 2.45) is 0 Å². The largest absolute Gasteiger partial charge is 0.411 e. The van der Waals surface area contributed by atoms with Gasteiger partial charge in [-0.2, -0.15) is 0 Å². The highest BCUT2D eigenvalue weighted by Gasteiger charge is 2.19. The third-order valence-electron chi connectivity index (χ3n) is 4.63. The first-order chi connectivity index (χ1) is 14.6. The van der Waals surface area contributed by atoms with Crippen molar-refractivity contribution in [2.75, 3.05) is 24.2 Å². The molecular weight excluding hydrogens is 424 g/mol. The fourth-order valence-corrected chi connectivity index (χ4v) is 3.79. The second kappa shape index (κ2) is 9.32. The Bertz CT molecular complexity index is 1030. The highest BCUT2D eigenvalue weighted by atomic mass is 35.5. The van der Waals surface area contributed by atoms with Crippen molar-refractivity contribution in [3.8, 4) is 11.5 Å². The first kappa shape index (κ1) is 20.4. The van der Waals surface area contributed by atoms with Crippen LogP contribution in [-0.4, -0.2) is 45.8 Å². The van der Waals surface area contributed by atoms with Crippen LogP contribution in [-0.2, 0) is 4.79 Å². The third kappa shape index (κ3) is 5.01. The zero-order valence-corrected chi connectivity index (χ0v) is 17.6. The predicted molar refractivity (Wildman–Crippen MR) is 116 cm³/mol. The van der Waals surface area contributed by atoms with Crippen molar-refractivity contribution in [3.05, 3.63) is 59.1 Å². The normalized spacial score (nSPS) is 13.4. The fraction of sp³-hybridized carbons (Fsp3) is 0.238. The molecular formula is C21H19ClN4O3S. The summed E-state index contributed by atoms with van der Waals surface area (Å²) in [5.74, 6) is 0.322. The van der Waals surface area contributed by atoms with E-state index in [2.05, 4.69) is 15.5 Å². The lowest BCUT2D eigenvalue weighted by Gasteiger charge is -2.15. The lowest BCUT2D eigenvalue weighted by molar-refractivity contribution is -0.113. The zero-order chi connectivity index (χ0) is 20.9. The lowest BCUT2D eigenvalue weighted by atomic mass is 10.2. The molecule has 1 saturated heterocycles. The van der Waals surface area contributed by atoms with Gasteiger partial charge in [-0.3, -0.25) is 9.59 Å². The van der Waals surface area contributed by atoms with Crippen LogP contribution in [0.3, 0.4) is 0 Å². The summed E-state index contributed by atoms with van der Waals surface area (Å²) in [6.45, 7) is 1.62. The van der Waals surface area contributed by atoms with Gasteiger partial charge in [-0.1, -0.05) is 23.4 Å². The van der Waals surface area contributed by atoms with Gasteiger partial charge in [0.25, 0.3) is 11.1 Å².